The molecular formula is C15H17N3O3. The maximum Gasteiger partial charge on any atom is 0.289 e. The number of nitrogens with zero attached hydrogens (tertiary/aromatic N) is 2. The Morgan fingerprint density at radius 3 is 2.76 bits per heavy atom. The zero-order chi connectivity index (χ0) is 14.8. The minimum absolute atomic E-state index is 0.125. The van der Waals surface area contributed by atoms with Gasteiger partial charge >= 0.3 is 0 Å². The van der Waals surface area contributed by atoms with Crippen LogP contribution in [-0.4, -0.2) is 34.1 Å². The lowest BCUT2D eigenvalue weighted by Crippen LogP contribution is -2.38. The highest BCUT2D eigenvalue weighted by atomic mass is 16.3. The highest BCUT2D eigenvalue weighted by molar-refractivity contribution is 5.91. The third kappa shape index (κ3) is 2.89. The van der Waals surface area contributed by atoms with Crippen LogP contribution in [0.1, 0.15) is 40.8 Å². The largest absolute Gasteiger partial charge is 0.456 e. The Labute approximate surface area is 121 Å². The van der Waals surface area contributed by atoms with Crippen molar-refractivity contribution in [2.75, 3.05) is 13.1 Å². The van der Waals surface area contributed by atoms with Crippen LogP contribution in [0.3, 0.4) is 0 Å². The molecule has 0 radical (unpaired) electrons. The standard InChI is InChI=1S/C15H17N3O3/c1-10-8-12(19)9-14(21-10)15(20)18-6-3-11(4-7-18)13-2-5-16-17-13/h2,5,8-9,11H,3-4,6-7H2,1H3,(H,16,17). The van der Waals surface area contributed by atoms with E-state index in [1.807, 2.05) is 6.07 Å². The maximum absolute atomic E-state index is 12.4. The number of aromatic nitrogens is 2. The number of nitrogens with one attached hydrogen (secondary N) is 1. The first-order valence-corrected chi connectivity index (χ1v) is 7.04. The van der Waals surface area contributed by atoms with Crippen molar-refractivity contribution in [3.05, 3.63) is 51.8 Å². The number of likely N-dealkylation sites (tertiary alicyclic amines) is 1. The second kappa shape index (κ2) is 5.55. The van der Waals surface area contributed by atoms with Gasteiger partial charge in [0.05, 0.1) is 0 Å². The van der Waals surface area contributed by atoms with Crippen molar-refractivity contribution in [1.29, 1.82) is 0 Å². The molecule has 1 N–H and O–H groups in total. The first-order valence-electron chi connectivity index (χ1n) is 7.04. The molecular weight excluding hydrogens is 270 g/mol. The summed E-state index contributed by atoms with van der Waals surface area (Å²) in [5, 5.41) is 6.95. The van der Waals surface area contributed by atoms with Crippen LogP contribution in [-0.2, 0) is 0 Å². The van der Waals surface area contributed by atoms with Crippen LogP contribution in [0.5, 0.6) is 0 Å². The fraction of sp³-hybridized carbons (Fsp3) is 0.400. The van der Waals surface area contributed by atoms with Gasteiger partial charge in [-0.1, -0.05) is 0 Å². The molecule has 0 aromatic carbocycles. The first kappa shape index (κ1) is 13.6. The third-order valence-corrected chi connectivity index (χ3v) is 3.84. The summed E-state index contributed by atoms with van der Waals surface area (Å²) in [7, 11) is 0. The summed E-state index contributed by atoms with van der Waals surface area (Å²) >= 11 is 0. The van der Waals surface area contributed by atoms with Crippen molar-refractivity contribution in [3.8, 4) is 0 Å². The van der Waals surface area contributed by atoms with E-state index in [0.717, 1.165) is 18.5 Å². The van der Waals surface area contributed by atoms with Gasteiger partial charge in [0.1, 0.15) is 5.76 Å². The Bertz CT molecular complexity index is 682. The van der Waals surface area contributed by atoms with Crippen LogP contribution in [0, 0.1) is 6.92 Å². The molecule has 3 rings (SSSR count). The number of amides is 1. The normalized spacial score (nSPS) is 16.1. The highest BCUT2D eigenvalue weighted by Crippen LogP contribution is 2.26. The van der Waals surface area contributed by atoms with Crippen molar-refractivity contribution >= 4 is 5.91 Å². The molecule has 1 fully saturated rings. The summed E-state index contributed by atoms with van der Waals surface area (Å²) in [6.07, 6.45) is 3.50. The number of hydrogen-bond donors (Lipinski definition) is 1. The fourth-order valence-corrected chi connectivity index (χ4v) is 2.75. The molecule has 0 aliphatic carbocycles. The maximum atomic E-state index is 12.4. The Balaban J connectivity index is 1.69. The van der Waals surface area contributed by atoms with E-state index in [9.17, 15) is 9.59 Å². The number of aromatic amines is 1. The summed E-state index contributed by atoms with van der Waals surface area (Å²) in [5.74, 6) is 0.776. The average Bonchev–Trinajstić information content (AvgIpc) is 3.00. The number of carbonyl (C=O) groups is 1. The van der Waals surface area contributed by atoms with Crippen molar-refractivity contribution < 1.29 is 9.21 Å². The molecule has 3 heterocycles. The van der Waals surface area contributed by atoms with E-state index < -0.39 is 0 Å². The van der Waals surface area contributed by atoms with Gasteiger partial charge < -0.3 is 9.32 Å². The van der Waals surface area contributed by atoms with E-state index in [0.29, 0.717) is 24.8 Å². The molecule has 1 amide bonds. The molecule has 21 heavy (non-hydrogen) atoms. The Hall–Kier alpha value is -2.37. The number of aryl methyl sites for hydroxylation is 1. The van der Waals surface area contributed by atoms with E-state index in [4.69, 9.17) is 4.42 Å². The summed E-state index contributed by atoms with van der Waals surface area (Å²) in [6, 6.07) is 4.61. The van der Waals surface area contributed by atoms with E-state index in [2.05, 4.69) is 10.2 Å². The van der Waals surface area contributed by atoms with Crippen LogP contribution in [0.4, 0.5) is 0 Å². The summed E-state index contributed by atoms with van der Waals surface area (Å²) < 4.78 is 5.36. The molecule has 6 nitrogen and oxygen atoms in total. The van der Waals surface area contributed by atoms with Gasteiger partial charge in [0.25, 0.3) is 5.91 Å². The number of hydrogen-bond acceptors (Lipinski definition) is 4. The van der Waals surface area contributed by atoms with Gasteiger partial charge in [0, 0.05) is 43.0 Å². The predicted octanol–water partition coefficient (Wildman–Crippen LogP) is 1.69. The second-order valence-electron chi connectivity index (χ2n) is 5.35. The smallest absolute Gasteiger partial charge is 0.289 e. The van der Waals surface area contributed by atoms with Crippen LogP contribution in [0.25, 0.3) is 0 Å². The molecule has 0 atom stereocenters. The highest BCUT2D eigenvalue weighted by Gasteiger charge is 2.26. The van der Waals surface area contributed by atoms with Crippen LogP contribution in [0.2, 0.25) is 0 Å². The van der Waals surface area contributed by atoms with Crippen LogP contribution < -0.4 is 5.43 Å². The number of H-pyrrole nitrogens is 1. The van der Waals surface area contributed by atoms with Gasteiger partial charge in [0.15, 0.2) is 11.2 Å². The van der Waals surface area contributed by atoms with Crippen molar-refractivity contribution in [2.45, 2.75) is 25.7 Å². The lowest BCUT2D eigenvalue weighted by molar-refractivity contribution is 0.0675. The van der Waals surface area contributed by atoms with Gasteiger partial charge in [-0.2, -0.15) is 5.10 Å². The van der Waals surface area contributed by atoms with E-state index >= 15 is 0 Å². The zero-order valence-electron chi connectivity index (χ0n) is 11.8. The van der Waals surface area contributed by atoms with Crippen LogP contribution >= 0.6 is 0 Å². The van der Waals surface area contributed by atoms with Gasteiger partial charge in [-0.05, 0) is 25.8 Å². The number of rotatable bonds is 2. The molecule has 1 aliphatic heterocycles. The van der Waals surface area contributed by atoms with E-state index in [-0.39, 0.29) is 17.1 Å². The fourth-order valence-electron chi connectivity index (χ4n) is 2.75. The summed E-state index contributed by atoms with van der Waals surface area (Å²) in [6.45, 7) is 2.98. The first-order chi connectivity index (χ1) is 10.1. The summed E-state index contributed by atoms with van der Waals surface area (Å²) in [4.78, 5) is 25.6. The van der Waals surface area contributed by atoms with E-state index in [1.165, 1.54) is 12.1 Å². The molecule has 2 aromatic rings. The zero-order valence-corrected chi connectivity index (χ0v) is 11.8. The molecule has 0 unspecified atom stereocenters. The molecule has 0 bridgehead atoms. The minimum atomic E-state index is -0.209. The van der Waals surface area contributed by atoms with Crippen LogP contribution in [0.15, 0.2) is 33.6 Å². The second-order valence-corrected chi connectivity index (χ2v) is 5.35. The molecule has 0 spiro atoms. The monoisotopic (exact) mass is 287 g/mol. The number of carbonyl (C=O) groups excluding carboxylic acids is 1. The quantitative estimate of drug-likeness (QED) is 0.911. The van der Waals surface area contributed by atoms with E-state index in [1.54, 1.807) is 18.0 Å². The lowest BCUT2D eigenvalue weighted by atomic mass is 9.93. The Morgan fingerprint density at radius 2 is 2.14 bits per heavy atom. The minimum Gasteiger partial charge on any atom is -0.456 e. The third-order valence-electron chi connectivity index (χ3n) is 3.84. The van der Waals surface area contributed by atoms with Crippen molar-refractivity contribution in [1.82, 2.24) is 15.1 Å². The predicted molar refractivity (Wildman–Crippen MR) is 76.2 cm³/mol. The molecule has 2 aromatic heterocycles. The van der Waals surface area contributed by atoms with Gasteiger partial charge in [0.2, 0.25) is 0 Å². The topological polar surface area (TPSA) is 79.2 Å². The molecule has 6 heteroatoms. The van der Waals surface area contributed by atoms with Gasteiger partial charge in [-0.3, -0.25) is 14.7 Å². The van der Waals surface area contributed by atoms with Gasteiger partial charge in [-0.25, -0.2) is 0 Å². The molecule has 110 valence electrons. The lowest BCUT2D eigenvalue weighted by Gasteiger charge is -2.31. The Morgan fingerprint density at radius 1 is 1.38 bits per heavy atom. The summed E-state index contributed by atoms with van der Waals surface area (Å²) in [5.41, 5.74) is 0.915. The molecule has 0 saturated carbocycles. The van der Waals surface area contributed by atoms with Gasteiger partial charge in [-0.15, -0.1) is 0 Å². The molecule has 1 aliphatic rings. The Kier molecular flexibility index (Phi) is 3.60. The van der Waals surface area contributed by atoms with Crippen molar-refractivity contribution in [3.63, 3.8) is 0 Å². The average molecular weight is 287 g/mol. The molecule has 1 saturated heterocycles. The number of piperidine rings is 1. The van der Waals surface area contributed by atoms with Crippen molar-refractivity contribution in [2.24, 2.45) is 0 Å². The SMILES string of the molecule is Cc1cc(=O)cc(C(=O)N2CCC(c3ccn[nH]3)CC2)o1.